The summed E-state index contributed by atoms with van der Waals surface area (Å²) in [4.78, 5) is 11.6. The van der Waals surface area contributed by atoms with Gasteiger partial charge in [-0.1, -0.05) is 30.3 Å². The van der Waals surface area contributed by atoms with Crippen molar-refractivity contribution in [2.24, 2.45) is 11.3 Å². The Morgan fingerprint density at radius 1 is 1.33 bits per heavy atom. The predicted molar refractivity (Wildman–Crippen MR) is 69.3 cm³/mol. The van der Waals surface area contributed by atoms with Gasteiger partial charge in [-0.2, -0.15) is 13.2 Å². The van der Waals surface area contributed by atoms with Crippen molar-refractivity contribution in [2.75, 3.05) is 13.2 Å². The van der Waals surface area contributed by atoms with E-state index in [-0.39, 0.29) is 26.2 Å². The van der Waals surface area contributed by atoms with Crippen molar-refractivity contribution in [3.8, 4) is 0 Å². The summed E-state index contributed by atoms with van der Waals surface area (Å²) < 4.78 is 49.2. The van der Waals surface area contributed by atoms with Gasteiger partial charge in [0.25, 0.3) is 0 Å². The Morgan fingerprint density at radius 3 is 2.57 bits per heavy atom. The maximum atomic E-state index is 13.1. The number of esters is 1. The molecule has 1 aliphatic rings. The highest BCUT2D eigenvalue weighted by atomic mass is 19.4. The van der Waals surface area contributed by atoms with E-state index >= 15 is 0 Å². The summed E-state index contributed by atoms with van der Waals surface area (Å²) in [5.74, 6) is -2.05. The van der Waals surface area contributed by atoms with Crippen LogP contribution in [0.5, 0.6) is 0 Å². The predicted octanol–water partition coefficient (Wildman–Crippen LogP) is 3.33. The molecule has 116 valence electrons. The zero-order valence-corrected chi connectivity index (χ0v) is 11.7. The van der Waals surface area contributed by atoms with Crippen LogP contribution in [0.15, 0.2) is 30.3 Å². The van der Waals surface area contributed by atoms with Crippen LogP contribution in [0.25, 0.3) is 0 Å². The second kappa shape index (κ2) is 6.05. The molecule has 1 saturated carbocycles. The highest BCUT2D eigenvalue weighted by molar-refractivity contribution is 5.81. The normalized spacial score (nSPS) is 24.7. The molecule has 0 aromatic heterocycles. The summed E-state index contributed by atoms with van der Waals surface area (Å²) >= 11 is 0. The van der Waals surface area contributed by atoms with Crippen LogP contribution in [-0.4, -0.2) is 25.4 Å². The third-order valence-corrected chi connectivity index (χ3v) is 3.68. The molecule has 1 aliphatic carbocycles. The average Bonchev–Trinajstić information content (AvgIpc) is 3.16. The molecule has 0 heterocycles. The molecule has 1 unspecified atom stereocenters. The number of alkyl halides is 3. The van der Waals surface area contributed by atoms with Gasteiger partial charge in [-0.25, -0.2) is 0 Å². The SMILES string of the molecule is CCOC(=O)[C@@]1(C(F)(F)F)CC1COCc1ccccc1. The fourth-order valence-corrected chi connectivity index (χ4v) is 2.40. The summed E-state index contributed by atoms with van der Waals surface area (Å²) in [5.41, 5.74) is -1.49. The number of carbonyl (C=O) groups excluding carboxylic acids is 1. The molecular formula is C15H17F3O3. The van der Waals surface area contributed by atoms with Crippen molar-refractivity contribution in [1.82, 2.24) is 0 Å². The van der Waals surface area contributed by atoms with Crippen molar-refractivity contribution in [3.63, 3.8) is 0 Å². The van der Waals surface area contributed by atoms with E-state index in [1.165, 1.54) is 6.92 Å². The molecular weight excluding hydrogens is 285 g/mol. The van der Waals surface area contributed by atoms with Crippen LogP contribution in [0.3, 0.4) is 0 Å². The van der Waals surface area contributed by atoms with Crippen LogP contribution < -0.4 is 0 Å². The number of ether oxygens (including phenoxy) is 2. The topological polar surface area (TPSA) is 35.5 Å². The number of hydrogen-bond donors (Lipinski definition) is 0. The first kappa shape index (κ1) is 15.8. The number of rotatable bonds is 6. The second-order valence-corrected chi connectivity index (χ2v) is 5.09. The van der Waals surface area contributed by atoms with Crippen LogP contribution in [0.4, 0.5) is 13.2 Å². The number of hydrogen-bond acceptors (Lipinski definition) is 3. The maximum Gasteiger partial charge on any atom is 0.405 e. The van der Waals surface area contributed by atoms with Gasteiger partial charge in [-0.3, -0.25) is 4.79 Å². The fraction of sp³-hybridized carbons (Fsp3) is 0.533. The third kappa shape index (κ3) is 3.20. The lowest BCUT2D eigenvalue weighted by atomic mass is 10.0. The summed E-state index contributed by atoms with van der Waals surface area (Å²) in [6, 6.07) is 9.16. The van der Waals surface area contributed by atoms with Gasteiger partial charge in [0.1, 0.15) is 0 Å². The molecule has 0 aliphatic heterocycles. The first-order valence-corrected chi connectivity index (χ1v) is 6.77. The van der Waals surface area contributed by atoms with Crippen LogP contribution in [-0.2, 0) is 20.9 Å². The molecule has 2 atom stereocenters. The Labute approximate surface area is 121 Å². The fourth-order valence-electron chi connectivity index (χ4n) is 2.40. The Hall–Kier alpha value is -1.56. The third-order valence-electron chi connectivity index (χ3n) is 3.68. The van der Waals surface area contributed by atoms with Gasteiger partial charge in [0.2, 0.25) is 0 Å². The summed E-state index contributed by atoms with van der Waals surface area (Å²) in [6.45, 7) is 1.56. The van der Waals surface area contributed by atoms with Crippen molar-refractivity contribution in [1.29, 1.82) is 0 Å². The van der Waals surface area contributed by atoms with Gasteiger partial charge < -0.3 is 9.47 Å². The van der Waals surface area contributed by atoms with Crippen LogP contribution >= 0.6 is 0 Å². The molecule has 0 amide bonds. The Morgan fingerprint density at radius 2 is 2.00 bits per heavy atom. The van der Waals surface area contributed by atoms with E-state index in [9.17, 15) is 18.0 Å². The van der Waals surface area contributed by atoms with Gasteiger partial charge in [0.05, 0.1) is 19.8 Å². The van der Waals surface area contributed by atoms with Gasteiger partial charge >= 0.3 is 12.1 Å². The van der Waals surface area contributed by atoms with E-state index in [0.717, 1.165) is 5.56 Å². The zero-order chi connectivity index (χ0) is 15.5. The van der Waals surface area contributed by atoms with Crippen molar-refractivity contribution < 1.29 is 27.4 Å². The molecule has 0 N–H and O–H groups in total. The second-order valence-electron chi connectivity index (χ2n) is 5.09. The first-order valence-electron chi connectivity index (χ1n) is 6.77. The highest BCUT2D eigenvalue weighted by Crippen LogP contribution is 2.63. The molecule has 0 spiro atoms. The molecule has 0 saturated heterocycles. The molecule has 1 fully saturated rings. The zero-order valence-electron chi connectivity index (χ0n) is 11.7. The molecule has 0 bridgehead atoms. The van der Waals surface area contributed by atoms with Gasteiger partial charge in [-0.15, -0.1) is 0 Å². The summed E-state index contributed by atoms with van der Waals surface area (Å²) in [7, 11) is 0. The summed E-state index contributed by atoms with van der Waals surface area (Å²) in [5, 5.41) is 0. The number of carbonyl (C=O) groups is 1. The van der Waals surface area contributed by atoms with E-state index < -0.39 is 23.5 Å². The Bertz CT molecular complexity index is 487. The van der Waals surface area contributed by atoms with Crippen LogP contribution in [0.2, 0.25) is 0 Å². The van der Waals surface area contributed by atoms with Gasteiger partial charge in [0, 0.05) is 5.92 Å². The standard InChI is InChI=1S/C15H17F3O3/c1-2-21-13(19)14(15(16,17)18)8-12(14)10-20-9-11-6-4-3-5-7-11/h3-7,12H,2,8-10H2,1H3/t12?,14-/m1/s1. The smallest absolute Gasteiger partial charge is 0.405 e. The lowest BCUT2D eigenvalue weighted by Crippen LogP contribution is -2.37. The van der Waals surface area contributed by atoms with Crippen LogP contribution in [0, 0.1) is 11.3 Å². The minimum atomic E-state index is -4.60. The Balaban J connectivity index is 1.91. The quantitative estimate of drug-likeness (QED) is 0.756. The molecule has 6 heteroatoms. The summed E-state index contributed by atoms with van der Waals surface area (Å²) in [6.07, 6.45) is -4.86. The van der Waals surface area contributed by atoms with Crippen molar-refractivity contribution in [3.05, 3.63) is 35.9 Å². The molecule has 21 heavy (non-hydrogen) atoms. The van der Waals surface area contributed by atoms with Crippen molar-refractivity contribution in [2.45, 2.75) is 26.1 Å². The minimum Gasteiger partial charge on any atom is -0.465 e. The first-order chi connectivity index (χ1) is 9.91. The van der Waals surface area contributed by atoms with E-state index in [4.69, 9.17) is 4.74 Å². The molecule has 1 aromatic carbocycles. The Kier molecular flexibility index (Phi) is 4.56. The molecule has 0 radical (unpaired) electrons. The monoisotopic (exact) mass is 302 g/mol. The molecule has 2 rings (SSSR count). The molecule has 1 aromatic rings. The van der Waals surface area contributed by atoms with E-state index in [0.29, 0.717) is 0 Å². The highest BCUT2D eigenvalue weighted by Gasteiger charge is 2.76. The average molecular weight is 302 g/mol. The number of halogens is 3. The molecule has 3 nitrogen and oxygen atoms in total. The van der Waals surface area contributed by atoms with E-state index in [2.05, 4.69) is 4.74 Å². The number of benzene rings is 1. The largest absolute Gasteiger partial charge is 0.465 e. The lowest BCUT2D eigenvalue weighted by Gasteiger charge is -2.19. The lowest BCUT2D eigenvalue weighted by molar-refractivity contribution is -0.211. The van der Waals surface area contributed by atoms with E-state index in [1.807, 2.05) is 30.3 Å². The van der Waals surface area contributed by atoms with Crippen LogP contribution in [0.1, 0.15) is 18.9 Å². The van der Waals surface area contributed by atoms with Crippen molar-refractivity contribution >= 4 is 5.97 Å². The van der Waals surface area contributed by atoms with Gasteiger partial charge in [0.15, 0.2) is 5.41 Å². The van der Waals surface area contributed by atoms with E-state index in [1.54, 1.807) is 0 Å². The maximum absolute atomic E-state index is 13.1. The minimum absolute atomic E-state index is 0.0613. The van der Waals surface area contributed by atoms with Gasteiger partial charge in [-0.05, 0) is 18.9 Å².